The van der Waals surface area contributed by atoms with Gasteiger partial charge in [-0.1, -0.05) is 84.6 Å². The fraction of sp³-hybridized carbons (Fsp3) is 0.236. The van der Waals surface area contributed by atoms with E-state index in [4.69, 9.17) is 14.2 Å². The van der Waals surface area contributed by atoms with Gasteiger partial charge in [0.2, 0.25) is 11.8 Å². The number of carbonyl (C=O) groups excluding carboxylic acids is 4. The topological polar surface area (TPSA) is 201 Å². The van der Waals surface area contributed by atoms with E-state index in [1.54, 1.807) is 42.5 Å². The molecule has 4 aliphatic rings. The van der Waals surface area contributed by atoms with E-state index in [0.717, 1.165) is 10.6 Å². The number of non-ortho nitro benzene ring substituents is 1. The maximum absolute atomic E-state index is 16.5. The van der Waals surface area contributed by atoms with Crippen LogP contribution in [0.25, 0.3) is 0 Å². The molecule has 10 rings (SSSR count). The highest BCUT2D eigenvalue weighted by Gasteiger charge is 2.75. The second kappa shape index (κ2) is 19.6. The minimum Gasteiger partial charge on any atom is -0.508 e. The van der Waals surface area contributed by atoms with Crippen LogP contribution in [0, 0.1) is 27.9 Å². The highest BCUT2D eigenvalue weighted by Crippen LogP contribution is 2.66. The molecule has 16 heteroatoms. The van der Waals surface area contributed by atoms with Gasteiger partial charge in [0, 0.05) is 48.6 Å². The number of cyclic esters (lactones) is 1. The summed E-state index contributed by atoms with van der Waals surface area (Å²) < 4.78 is 18.0. The van der Waals surface area contributed by atoms with Crippen molar-refractivity contribution >= 4 is 46.6 Å². The summed E-state index contributed by atoms with van der Waals surface area (Å²) in [6.07, 6.45) is -1.94. The third-order valence-corrected chi connectivity index (χ3v) is 13.6. The summed E-state index contributed by atoms with van der Waals surface area (Å²) in [5.41, 5.74) is 1.80. The molecular weight excluding hydrogens is 907 g/mol. The molecule has 4 aliphatic heterocycles. The first-order valence-electron chi connectivity index (χ1n) is 23.2. The first kappa shape index (κ1) is 46.4. The number of amides is 3. The number of nitro groups is 1. The molecule has 6 atom stereocenters. The molecule has 358 valence electrons. The van der Waals surface area contributed by atoms with Gasteiger partial charge in [-0.3, -0.25) is 29.4 Å². The quantitative estimate of drug-likeness (QED) is 0.0528. The maximum Gasteiger partial charge on any atom is 0.421 e. The molecule has 71 heavy (non-hydrogen) atoms. The van der Waals surface area contributed by atoms with E-state index in [0.29, 0.717) is 59.8 Å². The molecule has 6 aromatic rings. The molecule has 0 aliphatic carbocycles. The number of rotatable bonds is 10. The van der Waals surface area contributed by atoms with Crippen LogP contribution in [0.2, 0.25) is 0 Å². The molecule has 0 aromatic heterocycles. The molecule has 1 spiro atoms. The zero-order chi connectivity index (χ0) is 49.2. The summed E-state index contributed by atoms with van der Waals surface area (Å²) in [6.45, 7) is 1.91. The van der Waals surface area contributed by atoms with Gasteiger partial charge in [-0.15, -0.1) is 0 Å². The van der Waals surface area contributed by atoms with Gasteiger partial charge in [0.05, 0.1) is 48.4 Å². The van der Waals surface area contributed by atoms with E-state index in [1.807, 2.05) is 77.7 Å². The van der Waals surface area contributed by atoms with Crippen LogP contribution in [-0.2, 0) is 40.6 Å². The largest absolute Gasteiger partial charge is 0.508 e. The number of fused-ring (bicyclic) bond motifs is 3. The van der Waals surface area contributed by atoms with Crippen molar-refractivity contribution in [2.75, 3.05) is 48.0 Å². The number of nitro benzene ring substituents is 1. The number of phenols is 1. The molecule has 0 bridgehead atoms. The summed E-state index contributed by atoms with van der Waals surface area (Å²) in [6, 6.07) is 38.6. The van der Waals surface area contributed by atoms with E-state index in [-0.39, 0.29) is 42.3 Å². The van der Waals surface area contributed by atoms with Crippen LogP contribution < -0.4 is 15.1 Å². The number of aromatic hydroxyl groups is 1. The number of hydrogen-bond donors (Lipinski definition) is 3. The number of benzene rings is 6. The van der Waals surface area contributed by atoms with Crippen molar-refractivity contribution in [1.82, 2.24) is 4.90 Å². The lowest BCUT2D eigenvalue weighted by molar-refractivity contribution is -0.384. The normalized spacial score (nSPS) is 22.5. The zero-order valence-corrected chi connectivity index (χ0v) is 38.1. The number of aliphatic hydroxyl groups is 1. The van der Waals surface area contributed by atoms with E-state index in [2.05, 4.69) is 22.1 Å². The Morgan fingerprint density at radius 1 is 0.817 bits per heavy atom. The average molecular weight is 954 g/mol. The second-order valence-electron chi connectivity index (χ2n) is 17.6. The molecule has 0 unspecified atom stereocenters. The number of morpholine rings is 2. The van der Waals surface area contributed by atoms with Gasteiger partial charge < -0.3 is 34.6 Å². The van der Waals surface area contributed by atoms with E-state index in [1.165, 1.54) is 36.4 Å². The van der Waals surface area contributed by atoms with Crippen molar-refractivity contribution in [2.45, 2.75) is 42.7 Å². The van der Waals surface area contributed by atoms with Crippen LogP contribution in [0.4, 0.5) is 27.5 Å². The maximum atomic E-state index is 16.5. The number of phenolic OH excluding ortho intramolecular Hbond substituents is 1. The van der Waals surface area contributed by atoms with Crippen LogP contribution in [0.3, 0.4) is 0 Å². The Labute approximate surface area is 408 Å². The number of aliphatic hydroxyl groups excluding tert-OH is 1. The smallest absolute Gasteiger partial charge is 0.421 e. The summed E-state index contributed by atoms with van der Waals surface area (Å²) >= 11 is 0. The fourth-order valence-electron chi connectivity index (χ4n) is 10.6. The first-order chi connectivity index (χ1) is 34.6. The summed E-state index contributed by atoms with van der Waals surface area (Å²) in [7, 11) is 0. The molecule has 0 radical (unpaired) electrons. The molecule has 3 saturated heterocycles. The SMILES string of the molecule is O=C1O[C@H](c2ccccc2)[C@H](c2ccccc2)N2[C@H]1[C@@H](C(=O)Nc1ccc(N3CCOCC3)cc1)[C@]1(C(=O)N(C(=O)OCc3ccc([N+](=O)[O-])cc3)c3ccc(C#CCCO)cc31)[C@H]2c1ccc(O)cc1. The number of imide groups is 1. The summed E-state index contributed by atoms with van der Waals surface area (Å²) in [5.74, 6) is 1.89. The van der Waals surface area contributed by atoms with Crippen LogP contribution in [0.5, 0.6) is 5.75 Å². The Morgan fingerprint density at radius 3 is 2.15 bits per heavy atom. The van der Waals surface area contributed by atoms with E-state index < -0.39 is 64.4 Å². The minimum atomic E-state index is -2.15. The third kappa shape index (κ3) is 8.50. The Bertz CT molecular complexity index is 3050. The highest BCUT2D eigenvalue weighted by molar-refractivity contribution is 6.24. The van der Waals surface area contributed by atoms with Gasteiger partial charge in [0.15, 0.2) is 0 Å². The lowest BCUT2D eigenvalue weighted by atomic mass is 9.65. The Morgan fingerprint density at radius 2 is 1.49 bits per heavy atom. The van der Waals surface area contributed by atoms with E-state index in [9.17, 15) is 25.1 Å². The van der Waals surface area contributed by atoms with Crippen LogP contribution >= 0.6 is 0 Å². The van der Waals surface area contributed by atoms with Crippen molar-refractivity contribution < 1.29 is 48.5 Å². The van der Waals surface area contributed by atoms with Crippen molar-refractivity contribution in [1.29, 1.82) is 0 Å². The van der Waals surface area contributed by atoms with Crippen molar-refractivity contribution in [3.8, 4) is 17.6 Å². The van der Waals surface area contributed by atoms with Gasteiger partial charge in [0.1, 0.15) is 29.9 Å². The molecule has 3 fully saturated rings. The number of carbonyl (C=O) groups is 4. The van der Waals surface area contributed by atoms with Gasteiger partial charge in [-0.2, -0.15) is 0 Å². The second-order valence-corrected chi connectivity index (χ2v) is 17.6. The standard InChI is InChI=1S/C55H47N5O11/c61-30-8-7-9-35-16-27-45-44(33-35)55(53(65)58(45)54(66)70-34-36-14-21-42(22-15-36)60(67)68)46(51(63)56-40-19-23-41(24-20-40)57-28-31-69-32-29-57)48-52(64)71-49(38-12-5-2-6-13-38)47(37-10-3-1-4-11-37)59(48)50(55)39-17-25-43(62)26-18-39/h1-6,10-27,33,46-50,61-62H,8,28-32,34H2,(H,56,63)/t46-,47-,48-,49+,50+,55-/m0/s1. The van der Waals surface area contributed by atoms with Gasteiger partial charge in [-0.25, -0.2) is 9.69 Å². The Kier molecular flexibility index (Phi) is 12.8. The molecule has 4 heterocycles. The highest BCUT2D eigenvalue weighted by atomic mass is 16.6. The van der Waals surface area contributed by atoms with Crippen molar-refractivity contribution in [3.63, 3.8) is 0 Å². The minimum absolute atomic E-state index is 0.0666. The number of esters is 1. The molecule has 3 N–H and O–H groups in total. The molecular formula is C55H47N5O11. The first-order valence-corrected chi connectivity index (χ1v) is 23.2. The fourth-order valence-corrected chi connectivity index (χ4v) is 10.6. The monoisotopic (exact) mass is 953 g/mol. The van der Waals surface area contributed by atoms with Gasteiger partial charge in [0.25, 0.3) is 5.69 Å². The predicted octanol–water partition coefficient (Wildman–Crippen LogP) is 7.51. The third-order valence-electron chi connectivity index (χ3n) is 13.6. The number of ether oxygens (including phenoxy) is 3. The zero-order valence-electron chi connectivity index (χ0n) is 38.1. The number of anilines is 3. The van der Waals surface area contributed by atoms with Crippen LogP contribution in [0.1, 0.15) is 58.0 Å². The summed E-state index contributed by atoms with van der Waals surface area (Å²) in [4.78, 5) is 78.3. The van der Waals surface area contributed by atoms with Gasteiger partial charge in [-0.05, 0) is 94.5 Å². The number of nitrogens with zero attached hydrogens (tertiary/aromatic N) is 4. The molecule has 0 saturated carbocycles. The average Bonchev–Trinajstić information content (AvgIpc) is 3.85. The van der Waals surface area contributed by atoms with Gasteiger partial charge >= 0.3 is 12.1 Å². The number of hydrogen-bond acceptors (Lipinski definition) is 13. The lowest BCUT2D eigenvalue weighted by Gasteiger charge is -2.46. The molecule has 6 aromatic carbocycles. The van der Waals surface area contributed by atoms with Crippen LogP contribution in [0.15, 0.2) is 152 Å². The lowest BCUT2D eigenvalue weighted by Crippen LogP contribution is -2.54. The number of nitrogens with one attached hydrogen (secondary N) is 1. The van der Waals surface area contributed by atoms with Crippen molar-refractivity contribution in [3.05, 3.63) is 195 Å². The predicted molar refractivity (Wildman–Crippen MR) is 260 cm³/mol. The molecule has 16 nitrogen and oxygen atoms in total. The van der Waals surface area contributed by atoms with Crippen LogP contribution in [-0.4, -0.2) is 82.9 Å². The molecule has 3 amide bonds. The van der Waals surface area contributed by atoms with E-state index >= 15 is 14.4 Å². The Hall–Kier alpha value is -8.36. The Balaban J connectivity index is 1.20. The summed E-state index contributed by atoms with van der Waals surface area (Å²) in [5, 5.41) is 34.9. The van der Waals surface area contributed by atoms with Crippen molar-refractivity contribution in [2.24, 2.45) is 5.92 Å².